The Bertz CT molecular complexity index is 1250. The molecule has 0 radical (unpaired) electrons. The molecular formula is C23H19N3O4S. The molecule has 0 unspecified atom stereocenters. The van der Waals surface area contributed by atoms with Crippen LogP contribution in [0.4, 0.5) is 4.79 Å². The molecule has 31 heavy (non-hydrogen) atoms. The lowest BCUT2D eigenvalue weighted by molar-refractivity contribution is 0.0965. The predicted molar refractivity (Wildman–Crippen MR) is 119 cm³/mol. The number of hydrogen-bond acceptors (Lipinski definition) is 6. The topological polar surface area (TPSA) is 93.5 Å². The molecule has 0 aliphatic rings. The number of aromatic nitrogens is 1. The first-order valence-electron chi connectivity index (χ1n) is 9.42. The van der Waals surface area contributed by atoms with Crippen LogP contribution in [0.5, 0.6) is 5.75 Å². The molecule has 0 aliphatic carbocycles. The minimum atomic E-state index is -0.619. The van der Waals surface area contributed by atoms with Crippen LogP contribution in [0.25, 0.3) is 22.6 Å². The number of nitrogens with one attached hydrogen (secondary N) is 2. The number of nitrogens with zero attached hydrogens (tertiary/aromatic N) is 1. The van der Waals surface area contributed by atoms with Crippen molar-refractivity contribution >= 4 is 35.0 Å². The van der Waals surface area contributed by atoms with Gasteiger partial charge in [0.15, 0.2) is 5.58 Å². The molecule has 4 aromatic rings. The van der Waals surface area contributed by atoms with Crippen molar-refractivity contribution in [3.8, 4) is 17.2 Å². The molecule has 4 rings (SSSR count). The quantitative estimate of drug-likeness (QED) is 0.432. The third-order valence-electron chi connectivity index (χ3n) is 4.58. The van der Waals surface area contributed by atoms with Gasteiger partial charge in [0, 0.05) is 16.0 Å². The zero-order valence-electron chi connectivity index (χ0n) is 16.8. The van der Waals surface area contributed by atoms with Gasteiger partial charge < -0.3 is 9.15 Å². The average Bonchev–Trinajstić information content (AvgIpc) is 3.21. The summed E-state index contributed by atoms with van der Waals surface area (Å²) < 4.78 is 13.5. The highest BCUT2D eigenvalue weighted by Crippen LogP contribution is 2.28. The van der Waals surface area contributed by atoms with Crippen molar-refractivity contribution in [1.82, 2.24) is 15.0 Å². The van der Waals surface area contributed by atoms with E-state index >= 15 is 0 Å². The predicted octanol–water partition coefficient (Wildman–Crippen LogP) is 4.96. The second-order valence-electron chi connectivity index (χ2n) is 6.68. The summed E-state index contributed by atoms with van der Waals surface area (Å²) in [6, 6.07) is 19.1. The number of methoxy groups -OCH3 is 1. The number of imide groups is 1. The molecule has 1 heterocycles. The summed E-state index contributed by atoms with van der Waals surface area (Å²) >= 11 is 1.08. The van der Waals surface area contributed by atoms with Crippen LogP contribution in [0.2, 0.25) is 0 Å². The zero-order valence-corrected chi connectivity index (χ0v) is 17.7. The first-order valence-corrected chi connectivity index (χ1v) is 10.2. The van der Waals surface area contributed by atoms with Gasteiger partial charge in [-0.25, -0.2) is 9.78 Å². The van der Waals surface area contributed by atoms with Gasteiger partial charge >= 0.3 is 6.03 Å². The van der Waals surface area contributed by atoms with E-state index in [1.807, 2.05) is 43.3 Å². The number of ether oxygens (including phenoxy) is 1. The van der Waals surface area contributed by atoms with Crippen molar-refractivity contribution in [2.24, 2.45) is 0 Å². The van der Waals surface area contributed by atoms with Gasteiger partial charge in [0.2, 0.25) is 5.89 Å². The number of amides is 3. The third kappa shape index (κ3) is 4.70. The van der Waals surface area contributed by atoms with E-state index in [9.17, 15) is 9.59 Å². The Kier molecular flexibility index (Phi) is 5.90. The summed E-state index contributed by atoms with van der Waals surface area (Å²) in [4.78, 5) is 29.6. The molecule has 0 aliphatic heterocycles. The summed E-state index contributed by atoms with van der Waals surface area (Å²) in [6.45, 7) is 2.00. The fourth-order valence-corrected chi connectivity index (χ4v) is 3.52. The molecule has 3 aromatic carbocycles. The number of aryl methyl sites for hydroxylation is 1. The number of carbonyl (C=O) groups is 2. The number of benzene rings is 3. The molecule has 8 heteroatoms. The Morgan fingerprint density at radius 3 is 2.55 bits per heavy atom. The lowest BCUT2D eigenvalue weighted by Crippen LogP contribution is -2.36. The minimum absolute atomic E-state index is 0.355. The van der Waals surface area contributed by atoms with E-state index in [2.05, 4.69) is 15.0 Å². The number of rotatable bonds is 5. The van der Waals surface area contributed by atoms with Crippen LogP contribution in [-0.4, -0.2) is 24.0 Å². The van der Waals surface area contributed by atoms with E-state index < -0.39 is 11.9 Å². The lowest BCUT2D eigenvalue weighted by Gasteiger charge is -2.06. The van der Waals surface area contributed by atoms with Gasteiger partial charge in [0.05, 0.1) is 7.11 Å². The number of hydrogen-bond donors (Lipinski definition) is 2. The molecular weight excluding hydrogens is 414 g/mol. The van der Waals surface area contributed by atoms with Gasteiger partial charge in [-0.15, -0.1) is 0 Å². The van der Waals surface area contributed by atoms with Gasteiger partial charge in [-0.2, -0.15) is 0 Å². The standard InChI is InChI=1S/C23H19N3O4S/c1-14-5-3-4-6-18(14)22-24-19-13-17(11-12-20(19)30-22)31-26-23(28)25-21(27)15-7-9-16(29-2)10-8-15/h3-13H,1-2H3,(H2,25,26,27,28). The maximum Gasteiger partial charge on any atom is 0.331 e. The Labute approximate surface area is 182 Å². The number of carbonyl (C=O) groups excluding carboxylic acids is 2. The third-order valence-corrected chi connectivity index (χ3v) is 5.35. The van der Waals surface area contributed by atoms with Crippen molar-refractivity contribution in [3.63, 3.8) is 0 Å². The molecule has 0 saturated carbocycles. The summed E-state index contributed by atoms with van der Waals surface area (Å²) in [7, 11) is 1.54. The fourth-order valence-electron chi connectivity index (χ4n) is 2.95. The van der Waals surface area contributed by atoms with Crippen LogP contribution < -0.4 is 14.8 Å². The van der Waals surface area contributed by atoms with E-state index in [0.29, 0.717) is 28.3 Å². The smallest absolute Gasteiger partial charge is 0.331 e. The summed E-state index contributed by atoms with van der Waals surface area (Å²) in [6.07, 6.45) is 0. The van der Waals surface area contributed by atoms with E-state index in [0.717, 1.165) is 28.0 Å². The van der Waals surface area contributed by atoms with Crippen LogP contribution in [0, 0.1) is 6.92 Å². The Balaban J connectivity index is 1.39. The average molecular weight is 433 g/mol. The maximum atomic E-state index is 12.2. The second-order valence-corrected chi connectivity index (χ2v) is 7.56. The summed E-state index contributed by atoms with van der Waals surface area (Å²) in [5.74, 6) is 0.673. The number of urea groups is 1. The second kappa shape index (κ2) is 8.93. The maximum absolute atomic E-state index is 12.2. The highest BCUT2D eigenvalue weighted by molar-refractivity contribution is 7.98. The molecule has 3 amide bonds. The largest absolute Gasteiger partial charge is 0.497 e. The molecule has 156 valence electrons. The normalized spacial score (nSPS) is 10.6. The Hall–Kier alpha value is -3.78. The highest BCUT2D eigenvalue weighted by atomic mass is 32.2. The van der Waals surface area contributed by atoms with Crippen LogP contribution in [0.1, 0.15) is 15.9 Å². The van der Waals surface area contributed by atoms with E-state index in [-0.39, 0.29) is 0 Å². The summed E-state index contributed by atoms with van der Waals surface area (Å²) in [5.41, 5.74) is 3.70. The van der Waals surface area contributed by atoms with E-state index in [4.69, 9.17) is 9.15 Å². The Morgan fingerprint density at radius 2 is 1.81 bits per heavy atom. The highest BCUT2D eigenvalue weighted by Gasteiger charge is 2.13. The van der Waals surface area contributed by atoms with Crippen molar-refractivity contribution in [1.29, 1.82) is 0 Å². The molecule has 0 saturated heterocycles. The molecule has 0 spiro atoms. The fraction of sp³-hybridized carbons (Fsp3) is 0.0870. The monoisotopic (exact) mass is 433 g/mol. The van der Waals surface area contributed by atoms with Crippen LogP contribution in [-0.2, 0) is 0 Å². The SMILES string of the molecule is COc1ccc(C(=O)NC(=O)NSc2ccc3oc(-c4ccccc4C)nc3c2)cc1. The van der Waals surface area contributed by atoms with Crippen LogP contribution in [0.15, 0.2) is 76.0 Å². The van der Waals surface area contributed by atoms with Gasteiger partial charge in [-0.3, -0.25) is 14.8 Å². The van der Waals surface area contributed by atoms with E-state index in [1.165, 1.54) is 0 Å². The van der Waals surface area contributed by atoms with Gasteiger partial charge in [0.1, 0.15) is 11.3 Å². The van der Waals surface area contributed by atoms with Crippen molar-refractivity contribution in [3.05, 3.63) is 77.9 Å². The molecule has 0 fully saturated rings. The lowest BCUT2D eigenvalue weighted by atomic mass is 10.1. The minimum Gasteiger partial charge on any atom is -0.497 e. The van der Waals surface area contributed by atoms with Crippen LogP contribution >= 0.6 is 11.9 Å². The molecule has 0 bridgehead atoms. The molecule has 7 nitrogen and oxygen atoms in total. The number of fused-ring (bicyclic) bond motifs is 1. The van der Waals surface area contributed by atoms with Crippen LogP contribution in [0.3, 0.4) is 0 Å². The zero-order chi connectivity index (χ0) is 21.8. The molecule has 0 atom stereocenters. The van der Waals surface area contributed by atoms with E-state index in [1.54, 1.807) is 37.4 Å². The Morgan fingerprint density at radius 1 is 1.03 bits per heavy atom. The van der Waals surface area contributed by atoms with Crippen molar-refractivity contribution in [2.75, 3.05) is 7.11 Å². The van der Waals surface area contributed by atoms with Gasteiger partial charge in [-0.1, -0.05) is 18.2 Å². The summed E-state index contributed by atoms with van der Waals surface area (Å²) in [5, 5.41) is 2.29. The van der Waals surface area contributed by atoms with Gasteiger partial charge in [0.25, 0.3) is 5.91 Å². The van der Waals surface area contributed by atoms with Crippen molar-refractivity contribution in [2.45, 2.75) is 11.8 Å². The molecule has 1 aromatic heterocycles. The first-order chi connectivity index (χ1) is 15.0. The number of oxazole rings is 1. The molecule has 2 N–H and O–H groups in total. The van der Waals surface area contributed by atoms with Crippen molar-refractivity contribution < 1.29 is 18.7 Å². The van der Waals surface area contributed by atoms with Gasteiger partial charge in [-0.05, 0) is 73.0 Å². The first kappa shape index (κ1) is 20.5.